The Hall–Kier alpha value is -6.25. The van der Waals surface area contributed by atoms with Crippen molar-refractivity contribution in [2.45, 2.75) is 35.7 Å². The Kier molecular flexibility index (Phi) is 11.8. The second kappa shape index (κ2) is 17.1. The third-order valence-corrected chi connectivity index (χ3v) is 11.6. The molecular formula is C44H35F4N3O5S2. The van der Waals surface area contributed by atoms with Crippen molar-refractivity contribution < 1.29 is 35.4 Å². The van der Waals surface area contributed by atoms with Crippen LogP contribution in [0.15, 0.2) is 156 Å². The molecule has 0 aliphatic carbocycles. The highest BCUT2D eigenvalue weighted by molar-refractivity contribution is 7.86. The van der Waals surface area contributed by atoms with Crippen molar-refractivity contribution in [2.75, 3.05) is 6.61 Å². The Morgan fingerprint density at radius 1 is 0.690 bits per heavy atom. The van der Waals surface area contributed by atoms with Crippen LogP contribution >= 0.6 is 11.3 Å². The number of benzene rings is 5. The molecule has 2 atom stereocenters. The standard InChI is InChI=1S/C23H20N2O3.C21H15F4NO2S2/c26-25(27)28-16-15-19(17-9-3-1-4-10-17)22-20-13-7-8-14-21(20)24-23(22)18-11-5-2-6-12-18;22-21(23,24)12-16(18-9-4-10-29-18)19-15-7-1-2-8-17(15)26-20(19)13-5-3-6-14(11-13)30(25,27)28/h1-14,19,24H,15-16H2;1-11,16,26H,12H2. The highest BCUT2D eigenvalue weighted by Crippen LogP contribution is 2.45. The Morgan fingerprint density at radius 3 is 1.81 bits per heavy atom. The summed E-state index contributed by atoms with van der Waals surface area (Å²) in [6, 6.07) is 43.8. The van der Waals surface area contributed by atoms with Crippen LogP contribution in [0.25, 0.3) is 44.3 Å². The summed E-state index contributed by atoms with van der Waals surface area (Å²) in [5, 5.41) is 13.4. The third kappa shape index (κ3) is 9.14. The fraction of sp³-hybridized carbons (Fsp3) is 0.136. The highest BCUT2D eigenvalue weighted by Gasteiger charge is 2.36. The number of nitrogens with one attached hydrogen (secondary N) is 2. The van der Waals surface area contributed by atoms with Gasteiger partial charge in [0.1, 0.15) is 0 Å². The maximum atomic E-state index is 13.5. The van der Waals surface area contributed by atoms with E-state index in [-0.39, 0.29) is 12.5 Å². The molecule has 5 aromatic carbocycles. The second-order valence-electron chi connectivity index (χ2n) is 13.4. The Morgan fingerprint density at radius 2 is 1.24 bits per heavy atom. The van der Waals surface area contributed by atoms with Gasteiger partial charge in [-0.3, -0.25) is 0 Å². The predicted octanol–water partition coefficient (Wildman–Crippen LogP) is 12.2. The van der Waals surface area contributed by atoms with Gasteiger partial charge in [0, 0.05) is 38.5 Å². The molecule has 2 unspecified atom stereocenters. The van der Waals surface area contributed by atoms with Gasteiger partial charge in [-0.1, -0.05) is 115 Å². The summed E-state index contributed by atoms with van der Waals surface area (Å²) in [6.07, 6.45) is -5.00. The molecule has 8 aromatic rings. The van der Waals surface area contributed by atoms with Gasteiger partial charge < -0.3 is 14.8 Å². The number of H-pyrrole nitrogens is 2. The van der Waals surface area contributed by atoms with Gasteiger partial charge in [-0.15, -0.1) is 25.3 Å². The molecule has 58 heavy (non-hydrogen) atoms. The van der Waals surface area contributed by atoms with Crippen molar-refractivity contribution in [1.29, 1.82) is 0 Å². The van der Waals surface area contributed by atoms with Crippen LogP contribution in [0, 0.1) is 10.1 Å². The second-order valence-corrected chi connectivity index (χ2v) is 15.8. The first-order valence-electron chi connectivity index (χ1n) is 18.1. The summed E-state index contributed by atoms with van der Waals surface area (Å²) in [6.45, 7) is 0.0420. The van der Waals surface area contributed by atoms with Gasteiger partial charge in [0.25, 0.3) is 5.09 Å². The van der Waals surface area contributed by atoms with E-state index in [1.54, 1.807) is 47.8 Å². The molecule has 0 fully saturated rings. The Bertz CT molecular complexity index is 2750. The van der Waals surface area contributed by atoms with Crippen molar-refractivity contribution in [2.24, 2.45) is 0 Å². The SMILES string of the molecule is O=S(=O)(F)c1cccc(-c2[nH]c3ccccc3c2C(CC(F)(F)F)c2cccs2)c1.O=[N+]([O-])OCCC(c1ccccc1)c1c(-c2ccccc2)[nH]c2ccccc12. The van der Waals surface area contributed by atoms with Gasteiger partial charge in [-0.25, -0.2) is 0 Å². The Labute approximate surface area is 335 Å². The summed E-state index contributed by atoms with van der Waals surface area (Å²) >= 11 is 1.22. The normalized spacial score (nSPS) is 12.8. The molecule has 0 bridgehead atoms. The van der Waals surface area contributed by atoms with E-state index in [2.05, 4.69) is 51.2 Å². The average molecular weight is 826 g/mol. The van der Waals surface area contributed by atoms with E-state index in [1.165, 1.54) is 17.4 Å². The molecule has 0 amide bonds. The minimum absolute atomic E-state index is 0.0347. The molecule has 8 rings (SSSR count). The van der Waals surface area contributed by atoms with Crippen molar-refractivity contribution in [3.8, 4) is 22.5 Å². The topological polar surface area (TPSA) is 118 Å². The Balaban J connectivity index is 0.000000177. The number of alkyl halides is 3. The van der Waals surface area contributed by atoms with Gasteiger partial charge in [0.2, 0.25) is 0 Å². The van der Waals surface area contributed by atoms with Crippen LogP contribution < -0.4 is 0 Å². The highest BCUT2D eigenvalue weighted by atomic mass is 32.3. The van der Waals surface area contributed by atoms with Crippen LogP contribution in [-0.4, -0.2) is 36.3 Å². The number of fused-ring (bicyclic) bond motifs is 2. The fourth-order valence-corrected chi connectivity index (χ4v) is 8.73. The fourth-order valence-electron chi connectivity index (χ4n) is 7.39. The van der Waals surface area contributed by atoms with Crippen LogP contribution in [0.2, 0.25) is 0 Å². The summed E-state index contributed by atoms with van der Waals surface area (Å²) in [4.78, 5) is 22.0. The summed E-state index contributed by atoms with van der Waals surface area (Å²) < 4.78 is 76.8. The largest absolute Gasteiger partial charge is 0.390 e. The van der Waals surface area contributed by atoms with Crippen LogP contribution in [0.1, 0.15) is 46.2 Å². The zero-order chi connectivity index (χ0) is 40.9. The van der Waals surface area contributed by atoms with Crippen LogP contribution in [0.3, 0.4) is 0 Å². The maximum absolute atomic E-state index is 13.5. The lowest BCUT2D eigenvalue weighted by Gasteiger charge is -2.19. The number of para-hydroxylation sites is 2. The van der Waals surface area contributed by atoms with E-state index in [4.69, 9.17) is 0 Å². The van der Waals surface area contributed by atoms with E-state index in [9.17, 15) is 35.6 Å². The molecule has 0 aliphatic rings. The minimum atomic E-state index is -4.96. The smallest absolute Gasteiger partial charge is 0.354 e. The number of aromatic amines is 2. The first-order valence-corrected chi connectivity index (χ1v) is 20.4. The van der Waals surface area contributed by atoms with Crippen LogP contribution in [0.5, 0.6) is 0 Å². The van der Waals surface area contributed by atoms with Crippen molar-refractivity contribution in [1.82, 2.24) is 9.97 Å². The predicted molar refractivity (Wildman–Crippen MR) is 218 cm³/mol. The van der Waals surface area contributed by atoms with E-state index in [0.717, 1.165) is 45.4 Å². The van der Waals surface area contributed by atoms with Gasteiger partial charge in [0.05, 0.1) is 29.3 Å². The van der Waals surface area contributed by atoms with Crippen molar-refractivity contribution in [3.63, 3.8) is 0 Å². The lowest BCUT2D eigenvalue weighted by molar-refractivity contribution is -0.757. The quantitative estimate of drug-likeness (QED) is 0.0550. The maximum Gasteiger partial charge on any atom is 0.390 e. The molecule has 0 aliphatic heterocycles. The van der Waals surface area contributed by atoms with Crippen LogP contribution in [0.4, 0.5) is 17.1 Å². The molecule has 2 N–H and O–H groups in total. The summed E-state index contributed by atoms with van der Waals surface area (Å²) in [5.74, 6) is -1.03. The van der Waals surface area contributed by atoms with E-state index < -0.39 is 38.7 Å². The lowest BCUT2D eigenvalue weighted by Crippen LogP contribution is -2.14. The number of thiophene rings is 1. The molecular weight excluding hydrogens is 791 g/mol. The number of hydrogen-bond donors (Lipinski definition) is 2. The van der Waals surface area contributed by atoms with E-state index >= 15 is 0 Å². The summed E-state index contributed by atoms with van der Waals surface area (Å²) in [5.41, 5.74) is 7.07. The van der Waals surface area contributed by atoms with Crippen molar-refractivity contribution >= 4 is 43.4 Å². The molecule has 0 saturated heterocycles. The molecule has 296 valence electrons. The lowest BCUT2D eigenvalue weighted by atomic mass is 9.85. The zero-order valence-corrected chi connectivity index (χ0v) is 32.2. The van der Waals surface area contributed by atoms with Gasteiger partial charge in [-0.2, -0.15) is 21.6 Å². The molecule has 8 nitrogen and oxygen atoms in total. The number of halogens is 4. The number of hydrogen-bond acceptors (Lipinski definition) is 6. The molecule has 0 radical (unpaired) electrons. The third-order valence-electron chi connectivity index (χ3n) is 9.78. The monoisotopic (exact) mass is 825 g/mol. The van der Waals surface area contributed by atoms with Gasteiger partial charge in [0.15, 0.2) is 0 Å². The molecule has 14 heteroatoms. The molecule has 3 aromatic heterocycles. The number of rotatable bonds is 12. The first-order chi connectivity index (χ1) is 27.9. The number of aromatic nitrogens is 2. The zero-order valence-electron chi connectivity index (χ0n) is 30.5. The van der Waals surface area contributed by atoms with Gasteiger partial charge >= 0.3 is 16.4 Å². The summed E-state index contributed by atoms with van der Waals surface area (Å²) in [7, 11) is -4.96. The molecule has 0 saturated carbocycles. The van der Waals surface area contributed by atoms with E-state index in [0.29, 0.717) is 39.0 Å². The average Bonchev–Trinajstić information content (AvgIpc) is 3.98. The van der Waals surface area contributed by atoms with Gasteiger partial charge in [-0.05, 0) is 69.9 Å². The van der Waals surface area contributed by atoms with Crippen LogP contribution in [-0.2, 0) is 15.1 Å². The first kappa shape index (κ1) is 40.0. The minimum Gasteiger partial charge on any atom is -0.354 e. The molecule has 3 heterocycles. The number of nitrogens with zero attached hydrogens (tertiary/aromatic N) is 1. The van der Waals surface area contributed by atoms with E-state index in [1.807, 2.05) is 48.5 Å². The molecule has 0 spiro atoms. The van der Waals surface area contributed by atoms with Crippen molar-refractivity contribution in [3.05, 3.63) is 183 Å².